The normalized spacial score (nSPS) is 24.4. The Kier molecular flexibility index (Phi) is 3.52. The predicted octanol–water partition coefficient (Wildman–Crippen LogP) is 3.68. The fourth-order valence-corrected chi connectivity index (χ4v) is 4.37. The van der Waals surface area contributed by atoms with E-state index in [4.69, 9.17) is 5.11 Å². The van der Waals surface area contributed by atoms with Crippen LogP contribution in [0, 0.1) is 5.92 Å². The second kappa shape index (κ2) is 5.20. The summed E-state index contributed by atoms with van der Waals surface area (Å²) in [7, 11) is 0. The van der Waals surface area contributed by atoms with Gasteiger partial charge in [-0.1, -0.05) is 57.2 Å². The smallest absolute Gasteiger partial charge is 0.335 e. The molecule has 2 aromatic rings. The molecule has 124 valence electrons. The second-order valence-corrected chi connectivity index (χ2v) is 7.12. The molecule has 2 aromatic carbocycles. The summed E-state index contributed by atoms with van der Waals surface area (Å²) in [6, 6.07) is 14.4. The molecule has 0 aliphatic heterocycles. The summed E-state index contributed by atoms with van der Waals surface area (Å²) in [5.74, 6) is -2.48. The molecule has 0 saturated heterocycles. The van der Waals surface area contributed by atoms with Gasteiger partial charge in [0.1, 0.15) is 0 Å². The summed E-state index contributed by atoms with van der Waals surface area (Å²) in [6.07, 6.45) is 0. The quantitative estimate of drug-likeness (QED) is 0.903. The minimum Gasteiger partial charge on any atom is -0.481 e. The van der Waals surface area contributed by atoms with Crippen LogP contribution in [0.1, 0.15) is 47.8 Å². The molecule has 2 atom stereocenters. The van der Waals surface area contributed by atoms with Crippen molar-refractivity contribution < 1.29 is 19.8 Å². The van der Waals surface area contributed by atoms with Crippen LogP contribution in [0.25, 0.3) is 0 Å². The van der Waals surface area contributed by atoms with Gasteiger partial charge in [0.25, 0.3) is 0 Å². The monoisotopic (exact) mass is 324 g/mol. The highest BCUT2D eigenvalue weighted by Gasteiger charge is 2.57. The maximum Gasteiger partial charge on any atom is 0.335 e. The molecule has 3 rings (SSSR count). The SMILES string of the molecule is CC1(C)c2ccccc2C(C)(c2ccc(C(=O)O)cc2)C1C(=O)O. The lowest BCUT2D eigenvalue weighted by atomic mass is 9.66. The van der Waals surface area contributed by atoms with Crippen LogP contribution in [-0.2, 0) is 15.6 Å². The molecule has 24 heavy (non-hydrogen) atoms. The van der Waals surface area contributed by atoms with Crippen LogP contribution in [-0.4, -0.2) is 22.2 Å². The van der Waals surface area contributed by atoms with Gasteiger partial charge in [0.2, 0.25) is 0 Å². The van der Waals surface area contributed by atoms with Crippen LogP contribution in [0.2, 0.25) is 0 Å². The third-order valence-corrected chi connectivity index (χ3v) is 5.46. The van der Waals surface area contributed by atoms with E-state index in [1.165, 1.54) is 12.1 Å². The molecule has 0 spiro atoms. The Labute approximate surface area is 140 Å². The number of benzene rings is 2. The Bertz CT molecular complexity index is 820. The highest BCUT2D eigenvalue weighted by Crippen LogP contribution is 2.56. The Morgan fingerprint density at radius 3 is 1.92 bits per heavy atom. The number of hydrogen-bond acceptors (Lipinski definition) is 2. The Hall–Kier alpha value is -2.62. The van der Waals surface area contributed by atoms with Gasteiger partial charge in [-0.25, -0.2) is 4.79 Å². The zero-order valence-electron chi connectivity index (χ0n) is 13.9. The molecule has 1 aliphatic rings. The third-order valence-electron chi connectivity index (χ3n) is 5.46. The number of carboxylic acid groups (broad SMARTS) is 2. The van der Waals surface area contributed by atoms with Gasteiger partial charge in [-0.2, -0.15) is 0 Å². The fraction of sp³-hybridized carbons (Fsp3) is 0.300. The van der Waals surface area contributed by atoms with Crippen LogP contribution >= 0.6 is 0 Å². The topological polar surface area (TPSA) is 74.6 Å². The van der Waals surface area contributed by atoms with Gasteiger partial charge in [0.05, 0.1) is 11.5 Å². The van der Waals surface area contributed by atoms with Gasteiger partial charge >= 0.3 is 11.9 Å². The second-order valence-electron chi connectivity index (χ2n) is 7.12. The molecule has 2 N–H and O–H groups in total. The first-order valence-corrected chi connectivity index (χ1v) is 7.87. The number of fused-ring (bicyclic) bond motifs is 1. The maximum atomic E-state index is 12.2. The van der Waals surface area contributed by atoms with E-state index in [0.717, 1.165) is 16.7 Å². The van der Waals surface area contributed by atoms with E-state index in [-0.39, 0.29) is 5.56 Å². The summed E-state index contributed by atoms with van der Waals surface area (Å²) >= 11 is 0. The summed E-state index contributed by atoms with van der Waals surface area (Å²) in [5, 5.41) is 19.1. The minimum atomic E-state index is -0.992. The number of aromatic carboxylic acids is 1. The van der Waals surface area contributed by atoms with Crippen molar-refractivity contribution in [3.8, 4) is 0 Å². The molecule has 2 unspecified atom stereocenters. The van der Waals surface area contributed by atoms with Gasteiger partial charge in [0.15, 0.2) is 0 Å². The summed E-state index contributed by atoms with van der Waals surface area (Å²) in [6.45, 7) is 5.86. The molecule has 0 aromatic heterocycles. The number of carbonyl (C=O) groups is 2. The first-order chi connectivity index (χ1) is 11.2. The Morgan fingerprint density at radius 2 is 1.42 bits per heavy atom. The maximum absolute atomic E-state index is 12.2. The highest BCUT2D eigenvalue weighted by molar-refractivity contribution is 5.87. The van der Waals surface area contributed by atoms with Crippen molar-refractivity contribution in [1.82, 2.24) is 0 Å². The molecule has 4 heteroatoms. The standard InChI is InChI=1S/C20H20O4/c1-19(2)14-6-4-5-7-15(14)20(3,16(19)18(23)24)13-10-8-12(9-11-13)17(21)22/h4-11,16H,1-3H3,(H,21,22)(H,23,24). The van der Waals surface area contributed by atoms with Crippen LogP contribution in [0.5, 0.6) is 0 Å². The molecular weight excluding hydrogens is 304 g/mol. The molecule has 0 radical (unpaired) electrons. The number of rotatable bonds is 3. The van der Waals surface area contributed by atoms with Crippen LogP contribution in [0.15, 0.2) is 48.5 Å². The largest absolute Gasteiger partial charge is 0.481 e. The third kappa shape index (κ3) is 2.06. The van der Waals surface area contributed by atoms with Gasteiger partial charge in [0, 0.05) is 10.8 Å². The van der Waals surface area contributed by atoms with E-state index in [9.17, 15) is 14.7 Å². The minimum absolute atomic E-state index is 0.194. The summed E-state index contributed by atoms with van der Waals surface area (Å²) in [5.41, 5.74) is 1.79. The zero-order valence-corrected chi connectivity index (χ0v) is 13.9. The Balaban J connectivity index is 2.26. The van der Waals surface area contributed by atoms with Gasteiger partial charge < -0.3 is 10.2 Å². The van der Waals surface area contributed by atoms with Crippen LogP contribution < -0.4 is 0 Å². The van der Waals surface area contributed by atoms with E-state index in [2.05, 4.69) is 0 Å². The molecule has 0 fully saturated rings. The molecule has 0 saturated carbocycles. The fourth-order valence-electron chi connectivity index (χ4n) is 4.37. The average Bonchev–Trinajstić information content (AvgIpc) is 2.72. The molecule has 0 amide bonds. The Morgan fingerprint density at radius 1 is 0.875 bits per heavy atom. The summed E-state index contributed by atoms with van der Waals surface area (Å²) in [4.78, 5) is 23.2. The van der Waals surface area contributed by atoms with Crippen molar-refractivity contribution in [3.05, 3.63) is 70.8 Å². The first-order valence-electron chi connectivity index (χ1n) is 7.87. The summed E-state index contributed by atoms with van der Waals surface area (Å²) < 4.78 is 0. The molecule has 4 nitrogen and oxygen atoms in total. The lowest BCUT2D eigenvalue weighted by Crippen LogP contribution is -2.42. The van der Waals surface area contributed by atoms with Crippen LogP contribution in [0.3, 0.4) is 0 Å². The average molecular weight is 324 g/mol. The molecule has 0 bridgehead atoms. The van der Waals surface area contributed by atoms with Gasteiger partial charge in [-0.15, -0.1) is 0 Å². The van der Waals surface area contributed by atoms with Crippen LogP contribution in [0.4, 0.5) is 0 Å². The van der Waals surface area contributed by atoms with E-state index >= 15 is 0 Å². The predicted molar refractivity (Wildman–Crippen MR) is 90.4 cm³/mol. The van der Waals surface area contributed by atoms with E-state index < -0.39 is 28.7 Å². The van der Waals surface area contributed by atoms with Crippen molar-refractivity contribution >= 4 is 11.9 Å². The highest BCUT2D eigenvalue weighted by atomic mass is 16.4. The number of carboxylic acids is 2. The number of hydrogen-bond donors (Lipinski definition) is 2. The van der Waals surface area contributed by atoms with Crippen molar-refractivity contribution in [1.29, 1.82) is 0 Å². The lowest BCUT2D eigenvalue weighted by molar-refractivity contribution is -0.145. The molecule has 1 aliphatic carbocycles. The van der Waals surface area contributed by atoms with Crippen molar-refractivity contribution in [3.63, 3.8) is 0 Å². The van der Waals surface area contributed by atoms with E-state index in [0.29, 0.717) is 0 Å². The van der Waals surface area contributed by atoms with Crippen molar-refractivity contribution in [2.75, 3.05) is 0 Å². The lowest BCUT2D eigenvalue weighted by Gasteiger charge is -2.36. The first kappa shape index (κ1) is 16.2. The van der Waals surface area contributed by atoms with E-state index in [1.807, 2.05) is 45.0 Å². The van der Waals surface area contributed by atoms with Crippen molar-refractivity contribution in [2.24, 2.45) is 5.92 Å². The van der Waals surface area contributed by atoms with Crippen molar-refractivity contribution in [2.45, 2.75) is 31.6 Å². The molecule has 0 heterocycles. The zero-order chi connectivity index (χ0) is 17.7. The number of aliphatic carboxylic acids is 1. The van der Waals surface area contributed by atoms with Gasteiger partial charge in [-0.05, 0) is 28.8 Å². The molecular formula is C20H20O4. The van der Waals surface area contributed by atoms with E-state index in [1.54, 1.807) is 12.1 Å². The van der Waals surface area contributed by atoms with Gasteiger partial charge in [-0.3, -0.25) is 4.79 Å².